The normalized spacial score (nSPS) is 17.3. The van der Waals surface area contributed by atoms with Crippen LogP contribution in [0.5, 0.6) is 0 Å². The smallest absolute Gasteiger partial charge is 0.129 e. The zero-order valence-corrected chi connectivity index (χ0v) is 10.3. The number of aromatic nitrogens is 2. The number of nitrogens with zero attached hydrogens (tertiary/aromatic N) is 2. The number of benzene rings is 1. The van der Waals surface area contributed by atoms with Gasteiger partial charge in [0.2, 0.25) is 0 Å². The molecule has 1 unspecified atom stereocenters. The first-order valence-electron chi connectivity index (χ1n) is 6.12. The lowest BCUT2D eigenvalue weighted by Crippen LogP contribution is -2.20. The Bertz CT molecular complexity index is 577. The molecule has 18 heavy (non-hydrogen) atoms. The van der Waals surface area contributed by atoms with Crippen LogP contribution < -0.4 is 5.73 Å². The second-order valence-corrected chi connectivity index (χ2v) is 4.77. The van der Waals surface area contributed by atoms with E-state index < -0.39 is 0 Å². The highest BCUT2D eigenvalue weighted by molar-refractivity contribution is 5.76. The maximum absolute atomic E-state index is 13.2. The summed E-state index contributed by atoms with van der Waals surface area (Å²) in [6.07, 6.45) is 2.27. The Kier molecular flexibility index (Phi) is 2.80. The third kappa shape index (κ3) is 1.89. The van der Waals surface area contributed by atoms with E-state index in [-0.39, 0.29) is 11.9 Å². The molecule has 0 aliphatic heterocycles. The van der Waals surface area contributed by atoms with E-state index in [0.29, 0.717) is 18.2 Å². The van der Waals surface area contributed by atoms with E-state index >= 15 is 0 Å². The van der Waals surface area contributed by atoms with Gasteiger partial charge in [-0.3, -0.25) is 0 Å². The van der Waals surface area contributed by atoms with Gasteiger partial charge in [-0.1, -0.05) is 0 Å². The van der Waals surface area contributed by atoms with Gasteiger partial charge < -0.3 is 15.0 Å². The molecule has 1 saturated carbocycles. The minimum Gasteiger partial charge on any atom is -0.383 e. The quantitative estimate of drug-likeness (QED) is 0.903. The van der Waals surface area contributed by atoms with Gasteiger partial charge >= 0.3 is 0 Å². The first-order chi connectivity index (χ1) is 8.70. The van der Waals surface area contributed by atoms with Crippen LogP contribution in [0, 0.1) is 5.82 Å². The van der Waals surface area contributed by atoms with Gasteiger partial charge in [-0.15, -0.1) is 0 Å². The molecule has 5 heteroatoms. The topological polar surface area (TPSA) is 53.1 Å². The van der Waals surface area contributed by atoms with Crippen LogP contribution in [0.25, 0.3) is 11.0 Å². The van der Waals surface area contributed by atoms with Crippen molar-refractivity contribution in [2.75, 3.05) is 13.7 Å². The highest BCUT2D eigenvalue weighted by Gasteiger charge is 2.30. The SMILES string of the molecule is COCC(N)c1nc2cc(F)ccc2n1C1CC1. The van der Waals surface area contributed by atoms with Crippen molar-refractivity contribution in [1.29, 1.82) is 0 Å². The molecule has 96 valence electrons. The fourth-order valence-corrected chi connectivity index (χ4v) is 2.32. The molecule has 1 heterocycles. The van der Waals surface area contributed by atoms with Crippen molar-refractivity contribution < 1.29 is 9.13 Å². The zero-order valence-electron chi connectivity index (χ0n) is 10.3. The highest BCUT2D eigenvalue weighted by Crippen LogP contribution is 2.39. The minimum atomic E-state index is -0.272. The number of fused-ring (bicyclic) bond motifs is 1. The third-order valence-corrected chi connectivity index (χ3v) is 3.27. The maximum Gasteiger partial charge on any atom is 0.129 e. The summed E-state index contributed by atoms with van der Waals surface area (Å²) in [4.78, 5) is 4.47. The fourth-order valence-electron chi connectivity index (χ4n) is 2.32. The van der Waals surface area contributed by atoms with Crippen molar-refractivity contribution in [3.63, 3.8) is 0 Å². The van der Waals surface area contributed by atoms with Gasteiger partial charge in [-0.2, -0.15) is 0 Å². The molecule has 1 aliphatic carbocycles. The van der Waals surface area contributed by atoms with Crippen molar-refractivity contribution >= 4 is 11.0 Å². The van der Waals surface area contributed by atoms with Crippen molar-refractivity contribution in [3.05, 3.63) is 29.8 Å². The maximum atomic E-state index is 13.2. The minimum absolute atomic E-state index is 0.269. The van der Waals surface area contributed by atoms with Gasteiger partial charge in [0.05, 0.1) is 23.7 Å². The number of hydrogen-bond donors (Lipinski definition) is 1. The molecular weight excluding hydrogens is 233 g/mol. The van der Waals surface area contributed by atoms with Gasteiger partial charge in [0.15, 0.2) is 0 Å². The first-order valence-corrected chi connectivity index (χ1v) is 6.12. The summed E-state index contributed by atoms with van der Waals surface area (Å²) in [6.45, 7) is 0.415. The molecule has 4 nitrogen and oxygen atoms in total. The number of imidazole rings is 1. The summed E-state index contributed by atoms with van der Waals surface area (Å²) in [6, 6.07) is 4.88. The second kappa shape index (κ2) is 4.33. The summed E-state index contributed by atoms with van der Waals surface area (Å²) in [5.74, 6) is 0.523. The van der Waals surface area contributed by atoms with Crippen LogP contribution in [-0.4, -0.2) is 23.3 Å². The summed E-state index contributed by atoms with van der Waals surface area (Å²) >= 11 is 0. The third-order valence-electron chi connectivity index (χ3n) is 3.27. The average molecular weight is 249 g/mol. The van der Waals surface area contributed by atoms with Crippen LogP contribution in [0.1, 0.15) is 30.7 Å². The molecule has 0 radical (unpaired) electrons. The van der Waals surface area contributed by atoms with E-state index in [1.165, 1.54) is 12.1 Å². The summed E-state index contributed by atoms with van der Waals surface area (Å²) in [5, 5.41) is 0. The molecular formula is C13H16FN3O. The number of nitrogens with two attached hydrogens (primary N) is 1. The van der Waals surface area contributed by atoms with Crippen molar-refractivity contribution in [2.24, 2.45) is 5.73 Å². The number of ether oxygens (including phenoxy) is 1. The Balaban J connectivity index is 2.14. The number of hydrogen-bond acceptors (Lipinski definition) is 3. The zero-order chi connectivity index (χ0) is 12.7. The Morgan fingerprint density at radius 2 is 2.33 bits per heavy atom. The Labute approximate surface area is 105 Å². The van der Waals surface area contributed by atoms with Gasteiger partial charge in [0.1, 0.15) is 11.6 Å². The summed E-state index contributed by atoms with van der Waals surface area (Å²) < 4.78 is 20.5. The standard InChI is InChI=1S/C13H16FN3O/c1-18-7-10(15)13-16-11-6-8(14)2-5-12(11)17(13)9-3-4-9/h2,5-6,9-10H,3-4,7,15H2,1H3. The second-order valence-electron chi connectivity index (χ2n) is 4.77. The molecule has 2 N–H and O–H groups in total. The Morgan fingerprint density at radius 1 is 1.56 bits per heavy atom. The molecule has 0 spiro atoms. The lowest BCUT2D eigenvalue weighted by Gasteiger charge is -2.13. The molecule has 0 bridgehead atoms. The molecule has 1 aromatic carbocycles. The van der Waals surface area contributed by atoms with E-state index in [1.807, 2.05) is 0 Å². The van der Waals surface area contributed by atoms with Gasteiger partial charge in [0, 0.05) is 19.2 Å². The fraction of sp³-hybridized carbons (Fsp3) is 0.462. The molecule has 2 aromatic rings. The Hall–Kier alpha value is -1.46. The molecule has 1 fully saturated rings. The molecule has 0 saturated heterocycles. The van der Waals surface area contributed by atoms with E-state index in [9.17, 15) is 4.39 Å². The van der Waals surface area contributed by atoms with Crippen LogP contribution in [0.2, 0.25) is 0 Å². The van der Waals surface area contributed by atoms with Crippen molar-refractivity contribution in [2.45, 2.75) is 24.9 Å². The van der Waals surface area contributed by atoms with Crippen LogP contribution in [-0.2, 0) is 4.74 Å². The van der Waals surface area contributed by atoms with E-state index in [1.54, 1.807) is 13.2 Å². The van der Waals surface area contributed by atoms with E-state index in [0.717, 1.165) is 24.2 Å². The largest absolute Gasteiger partial charge is 0.383 e. The van der Waals surface area contributed by atoms with Gasteiger partial charge in [-0.25, -0.2) is 9.37 Å². The average Bonchev–Trinajstić information content (AvgIpc) is 3.10. The first kappa shape index (κ1) is 11.6. The molecule has 1 atom stereocenters. The highest BCUT2D eigenvalue weighted by atomic mass is 19.1. The summed E-state index contributed by atoms with van der Waals surface area (Å²) in [7, 11) is 1.61. The van der Waals surface area contributed by atoms with E-state index in [4.69, 9.17) is 10.5 Å². The van der Waals surface area contributed by atoms with Crippen LogP contribution in [0.3, 0.4) is 0 Å². The monoisotopic (exact) mass is 249 g/mol. The summed E-state index contributed by atoms with van der Waals surface area (Å²) in [5.41, 5.74) is 7.70. The number of rotatable bonds is 4. The molecule has 1 aromatic heterocycles. The predicted molar refractivity (Wildman–Crippen MR) is 66.8 cm³/mol. The van der Waals surface area contributed by atoms with Crippen molar-refractivity contribution in [3.8, 4) is 0 Å². The molecule has 3 rings (SSSR count). The van der Waals surface area contributed by atoms with Crippen LogP contribution in [0.4, 0.5) is 4.39 Å². The molecule has 1 aliphatic rings. The van der Waals surface area contributed by atoms with Crippen LogP contribution >= 0.6 is 0 Å². The number of methoxy groups -OCH3 is 1. The van der Waals surface area contributed by atoms with Crippen LogP contribution in [0.15, 0.2) is 18.2 Å². The number of halogens is 1. The van der Waals surface area contributed by atoms with E-state index in [2.05, 4.69) is 9.55 Å². The molecule has 0 amide bonds. The van der Waals surface area contributed by atoms with Gasteiger partial charge in [-0.05, 0) is 25.0 Å². The lowest BCUT2D eigenvalue weighted by molar-refractivity contribution is 0.177. The van der Waals surface area contributed by atoms with Gasteiger partial charge in [0.25, 0.3) is 0 Å². The van der Waals surface area contributed by atoms with Crippen molar-refractivity contribution in [1.82, 2.24) is 9.55 Å². The predicted octanol–water partition coefficient (Wildman–Crippen LogP) is 2.16. The Morgan fingerprint density at radius 3 is 3.00 bits per heavy atom. The lowest BCUT2D eigenvalue weighted by atomic mass is 10.3.